The van der Waals surface area contributed by atoms with Crippen molar-refractivity contribution in [3.63, 3.8) is 0 Å². The molecule has 1 aliphatic rings. The van der Waals surface area contributed by atoms with Gasteiger partial charge in [-0.25, -0.2) is 9.78 Å². The number of nitrogens with zero attached hydrogens (tertiary/aromatic N) is 3. The normalized spacial score (nSPS) is 16.8. The highest BCUT2D eigenvalue weighted by Crippen LogP contribution is 2.34. The minimum absolute atomic E-state index is 0.0988. The second kappa shape index (κ2) is 6.87. The molecule has 1 N–H and O–H groups in total. The molecule has 6 heteroatoms. The van der Waals surface area contributed by atoms with Gasteiger partial charge in [-0.3, -0.25) is 4.79 Å². The monoisotopic (exact) mass is 363 g/mol. The predicted molar refractivity (Wildman–Crippen MR) is 102 cm³/mol. The van der Waals surface area contributed by atoms with E-state index in [1.807, 2.05) is 29.2 Å². The Labute approximate surface area is 157 Å². The molecule has 1 amide bonds. The van der Waals surface area contributed by atoms with E-state index in [9.17, 15) is 14.7 Å². The van der Waals surface area contributed by atoms with Crippen LogP contribution in [0.4, 0.5) is 0 Å². The summed E-state index contributed by atoms with van der Waals surface area (Å²) in [4.78, 5) is 31.0. The fraction of sp³-hybridized carbons (Fsp3) is 0.286. The van der Waals surface area contributed by atoms with Crippen LogP contribution in [0.2, 0.25) is 0 Å². The number of aromatic carboxylic acids is 1. The molecular formula is C21H21N3O3. The van der Waals surface area contributed by atoms with Gasteiger partial charge in [-0.15, -0.1) is 0 Å². The molecule has 0 aliphatic carbocycles. The first-order chi connectivity index (χ1) is 13.1. The third-order valence-corrected chi connectivity index (χ3v) is 5.17. The highest BCUT2D eigenvalue weighted by molar-refractivity contribution is 5.97. The third kappa shape index (κ3) is 2.97. The smallest absolute Gasteiger partial charge is 0.335 e. The lowest BCUT2D eigenvalue weighted by atomic mass is 10.1. The fourth-order valence-corrected chi connectivity index (χ4v) is 3.91. The number of hydrogen-bond donors (Lipinski definition) is 1. The van der Waals surface area contributed by atoms with Crippen LogP contribution in [0.15, 0.2) is 48.5 Å². The number of aromatic nitrogens is 2. The number of para-hydroxylation sites is 2. The zero-order valence-electron chi connectivity index (χ0n) is 15.1. The van der Waals surface area contributed by atoms with Crippen LogP contribution < -0.4 is 0 Å². The van der Waals surface area contributed by atoms with E-state index in [-0.39, 0.29) is 17.5 Å². The number of amides is 1. The lowest BCUT2D eigenvalue weighted by molar-refractivity contribution is 0.0697. The van der Waals surface area contributed by atoms with Crippen molar-refractivity contribution in [2.45, 2.75) is 32.4 Å². The molecule has 1 aliphatic heterocycles. The number of hydrogen-bond acceptors (Lipinski definition) is 3. The van der Waals surface area contributed by atoms with E-state index in [0.717, 1.165) is 36.2 Å². The molecule has 0 spiro atoms. The van der Waals surface area contributed by atoms with E-state index in [4.69, 9.17) is 4.98 Å². The number of carbonyl (C=O) groups is 2. The summed E-state index contributed by atoms with van der Waals surface area (Å²) in [5.74, 6) is -0.273. The fourth-order valence-electron chi connectivity index (χ4n) is 3.91. The van der Waals surface area contributed by atoms with Crippen LogP contribution >= 0.6 is 0 Å². The molecule has 1 unspecified atom stereocenters. The molecule has 0 radical (unpaired) electrons. The summed E-state index contributed by atoms with van der Waals surface area (Å²) >= 11 is 0. The molecule has 2 heterocycles. The maximum Gasteiger partial charge on any atom is 0.335 e. The SMILES string of the molecule is CCn1c(C2CCCN2C(=O)c2cccc(C(=O)O)c2)nc2ccccc21. The molecule has 2 aromatic carbocycles. The lowest BCUT2D eigenvalue weighted by Gasteiger charge is -2.25. The zero-order valence-corrected chi connectivity index (χ0v) is 15.1. The Morgan fingerprint density at radius 1 is 1.15 bits per heavy atom. The van der Waals surface area contributed by atoms with Gasteiger partial charge in [0.15, 0.2) is 0 Å². The average Bonchev–Trinajstić information content (AvgIpc) is 3.31. The molecule has 1 fully saturated rings. The lowest BCUT2D eigenvalue weighted by Crippen LogP contribution is -2.32. The molecular weight excluding hydrogens is 342 g/mol. The van der Waals surface area contributed by atoms with E-state index < -0.39 is 5.97 Å². The molecule has 3 aromatic rings. The molecule has 27 heavy (non-hydrogen) atoms. The van der Waals surface area contributed by atoms with Crippen molar-refractivity contribution >= 4 is 22.9 Å². The number of imidazole rings is 1. The number of benzene rings is 2. The number of aryl methyl sites for hydroxylation is 1. The van der Waals surface area contributed by atoms with Crippen molar-refractivity contribution in [1.29, 1.82) is 0 Å². The van der Waals surface area contributed by atoms with Crippen LogP contribution in [0.3, 0.4) is 0 Å². The average molecular weight is 363 g/mol. The highest BCUT2D eigenvalue weighted by Gasteiger charge is 2.34. The minimum atomic E-state index is -1.03. The number of rotatable bonds is 4. The van der Waals surface area contributed by atoms with Gasteiger partial charge in [-0.05, 0) is 50.1 Å². The number of carboxylic acids is 1. The summed E-state index contributed by atoms with van der Waals surface area (Å²) in [6.07, 6.45) is 1.76. The van der Waals surface area contributed by atoms with Gasteiger partial charge in [0.25, 0.3) is 5.91 Å². The van der Waals surface area contributed by atoms with Crippen LogP contribution in [0.5, 0.6) is 0 Å². The summed E-state index contributed by atoms with van der Waals surface area (Å²) in [6, 6.07) is 14.1. The Bertz CT molecular complexity index is 1020. The first-order valence-electron chi connectivity index (χ1n) is 9.19. The Morgan fingerprint density at radius 2 is 1.93 bits per heavy atom. The van der Waals surface area contributed by atoms with Crippen molar-refractivity contribution in [2.24, 2.45) is 0 Å². The summed E-state index contributed by atoms with van der Waals surface area (Å²) in [7, 11) is 0. The van der Waals surface area contributed by atoms with Crippen molar-refractivity contribution in [2.75, 3.05) is 6.54 Å². The van der Waals surface area contributed by atoms with Crippen LogP contribution in [-0.2, 0) is 6.54 Å². The molecule has 138 valence electrons. The van der Waals surface area contributed by atoms with Crippen molar-refractivity contribution in [3.8, 4) is 0 Å². The topological polar surface area (TPSA) is 75.4 Å². The number of carbonyl (C=O) groups excluding carboxylic acids is 1. The molecule has 1 saturated heterocycles. The van der Waals surface area contributed by atoms with Crippen LogP contribution in [0.25, 0.3) is 11.0 Å². The number of fused-ring (bicyclic) bond motifs is 1. The molecule has 0 saturated carbocycles. The van der Waals surface area contributed by atoms with E-state index in [1.165, 1.54) is 12.1 Å². The van der Waals surface area contributed by atoms with E-state index in [1.54, 1.807) is 12.1 Å². The van der Waals surface area contributed by atoms with Gasteiger partial charge >= 0.3 is 5.97 Å². The molecule has 4 rings (SSSR count). The van der Waals surface area contributed by atoms with Crippen LogP contribution in [-0.4, -0.2) is 38.0 Å². The standard InChI is InChI=1S/C21H21N3O3/c1-2-23-17-10-4-3-9-16(17)22-19(23)18-11-6-12-24(18)20(25)14-7-5-8-15(13-14)21(26)27/h3-5,7-10,13,18H,2,6,11-12H2,1H3,(H,26,27). The van der Waals surface area contributed by atoms with Gasteiger partial charge in [0, 0.05) is 18.7 Å². The van der Waals surface area contributed by atoms with Gasteiger partial charge in [0.05, 0.1) is 22.6 Å². The Morgan fingerprint density at radius 3 is 2.70 bits per heavy atom. The first-order valence-corrected chi connectivity index (χ1v) is 9.19. The van der Waals surface area contributed by atoms with Gasteiger partial charge in [-0.2, -0.15) is 0 Å². The maximum atomic E-state index is 13.1. The van der Waals surface area contributed by atoms with Crippen LogP contribution in [0.1, 0.15) is 52.3 Å². The highest BCUT2D eigenvalue weighted by atomic mass is 16.4. The second-order valence-corrected chi connectivity index (χ2v) is 6.75. The van der Waals surface area contributed by atoms with E-state index >= 15 is 0 Å². The third-order valence-electron chi connectivity index (χ3n) is 5.17. The molecule has 1 atom stereocenters. The van der Waals surface area contributed by atoms with Crippen molar-refractivity contribution in [3.05, 3.63) is 65.5 Å². The summed E-state index contributed by atoms with van der Waals surface area (Å²) < 4.78 is 2.17. The Kier molecular flexibility index (Phi) is 4.39. The molecule has 6 nitrogen and oxygen atoms in total. The van der Waals surface area contributed by atoms with Crippen molar-refractivity contribution in [1.82, 2.24) is 14.5 Å². The summed E-state index contributed by atoms with van der Waals surface area (Å²) in [6.45, 7) is 3.51. The summed E-state index contributed by atoms with van der Waals surface area (Å²) in [5.41, 5.74) is 2.53. The molecule has 0 bridgehead atoms. The first kappa shape index (κ1) is 17.3. The predicted octanol–water partition coefficient (Wildman–Crippen LogP) is 3.73. The van der Waals surface area contributed by atoms with Crippen molar-refractivity contribution < 1.29 is 14.7 Å². The van der Waals surface area contributed by atoms with E-state index in [2.05, 4.69) is 11.5 Å². The zero-order chi connectivity index (χ0) is 19.0. The maximum absolute atomic E-state index is 13.1. The second-order valence-electron chi connectivity index (χ2n) is 6.75. The minimum Gasteiger partial charge on any atom is -0.478 e. The molecule has 1 aromatic heterocycles. The van der Waals surface area contributed by atoms with Gasteiger partial charge < -0.3 is 14.6 Å². The number of likely N-dealkylation sites (tertiary alicyclic amines) is 1. The Hall–Kier alpha value is -3.15. The number of carboxylic acid groups (broad SMARTS) is 1. The summed E-state index contributed by atoms with van der Waals surface area (Å²) in [5, 5.41) is 9.20. The van der Waals surface area contributed by atoms with Gasteiger partial charge in [0.1, 0.15) is 5.82 Å². The van der Waals surface area contributed by atoms with Gasteiger partial charge in [0.2, 0.25) is 0 Å². The Balaban J connectivity index is 1.72. The largest absolute Gasteiger partial charge is 0.478 e. The quantitative estimate of drug-likeness (QED) is 0.766. The van der Waals surface area contributed by atoms with Crippen LogP contribution in [0, 0.1) is 0 Å². The van der Waals surface area contributed by atoms with E-state index in [0.29, 0.717) is 12.1 Å². The van der Waals surface area contributed by atoms with Gasteiger partial charge in [-0.1, -0.05) is 18.2 Å².